The fraction of sp³-hybridized carbons (Fsp3) is 0.615. The van der Waals surface area contributed by atoms with Crippen molar-refractivity contribution in [1.82, 2.24) is 24.8 Å². The van der Waals surface area contributed by atoms with Crippen molar-refractivity contribution in [3.8, 4) is 0 Å². The molecular formula is C13H19N5O2S. The Balaban J connectivity index is 1.60. The molecule has 0 aromatic carbocycles. The van der Waals surface area contributed by atoms with Gasteiger partial charge in [0.2, 0.25) is 10.9 Å². The van der Waals surface area contributed by atoms with Crippen molar-refractivity contribution in [2.45, 2.75) is 26.0 Å². The lowest BCUT2D eigenvalue weighted by atomic mass is 9.94. The highest BCUT2D eigenvalue weighted by Crippen LogP contribution is 2.17. The highest BCUT2D eigenvalue weighted by Gasteiger charge is 2.31. The predicted octanol–water partition coefficient (Wildman–Crippen LogP) is 0.0280. The van der Waals surface area contributed by atoms with Gasteiger partial charge in [0.15, 0.2) is 0 Å². The van der Waals surface area contributed by atoms with Crippen LogP contribution in [0.5, 0.6) is 0 Å². The van der Waals surface area contributed by atoms with Gasteiger partial charge in [-0.05, 0) is 20.4 Å². The molecule has 3 heterocycles. The minimum absolute atomic E-state index is 0.116. The number of rotatable bonds is 3. The number of aliphatic hydroxyl groups excluding tert-OH is 1. The fourth-order valence-electron chi connectivity index (χ4n) is 2.60. The van der Waals surface area contributed by atoms with E-state index in [1.54, 1.807) is 4.52 Å². The molecule has 2 aromatic rings. The van der Waals surface area contributed by atoms with E-state index in [1.807, 2.05) is 20.2 Å². The van der Waals surface area contributed by atoms with E-state index in [2.05, 4.69) is 20.3 Å². The van der Waals surface area contributed by atoms with Gasteiger partial charge in [-0.25, -0.2) is 9.50 Å². The third kappa shape index (κ3) is 3.07. The standard InChI is InChI=1S/C13H19N5O2S/c1-8-16-18-6-9(15-13(18)21-8)5-14-12(20)10-7-17(2)4-3-11(10)19/h6,10-11,19H,3-5,7H2,1-2H3,(H,14,20)/t10-,11-/m1/s1. The quantitative estimate of drug-likeness (QED) is 0.836. The Kier molecular flexibility index (Phi) is 3.92. The van der Waals surface area contributed by atoms with E-state index >= 15 is 0 Å². The largest absolute Gasteiger partial charge is 0.392 e. The van der Waals surface area contributed by atoms with E-state index in [9.17, 15) is 9.90 Å². The zero-order chi connectivity index (χ0) is 15.0. The number of hydrogen-bond acceptors (Lipinski definition) is 6. The summed E-state index contributed by atoms with van der Waals surface area (Å²) in [4.78, 5) is 19.5. The lowest BCUT2D eigenvalue weighted by molar-refractivity contribution is -0.131. The number of hydrogen-bond donors (Lipinski definition) is 2. The summed E-state index contributed by atoms with van der Waals surface area (Å²) >= 11 is 1.52. The van der Waals surface area contributed by atoms with E-state index in [-0.39, 0.29) is 11.8 Å². The van der Waals surface area contributed by atoms with Crippen LogP contribution in [0.3, 0.4) is 0 Å². The van der Waals surface area contributed by atoms with Crippen molar-refractivity contribution >= 4 is 22.2 Å². The van der Waals surface area contributed by atoms with E-state index in [0.29, 0.717) is 19.5 Å². The summed E-state index contributed by atoms with van der Waals surface area (Å²) in [7, 11) is 1.96. The van der Waals surface area contributed by atoms with E-state index < -0.39 is 6.10 Å². The average molecular weight is 309 g/mol. The normalized spacial score (nSPS) is 23.6. The van der Waals surface area contributed by atoms with E-state index in [1.165, 1.54) is 11.3 Å². The Morgan fingerprint density at radius 3 is 3.19 bits per heavy atom. The molecule has 1 amide bonds. The Morgan fingerprint density at radius 1 is 1.62 bits per heavy atom. The van der Waals surface area contributed by atoms with Gasteiger partial charge in [-0.15, -0.1) is 0 Å². The minimum Gasteiger partial charge on any atom is -0.392 e. The molecule has 0 radical (unpaired) electrons. The Labute approximate surface area is 126 Å². The molecule has 0 bridgehead atoms. The molecule has 2 aromatic heterocycles. The molecule has 3 rings (SSSR count). The first-order chi connectivity index (χ1) is 10.0. The average Bonchev–Trinajstić information content (AvgIpc) is 2.95. The number of carbonyl (C=O) groups is 1. The van der Waals surface area contributed by atoms with Crippen LogP contribution in [0.4, 0.5) is 0 Å². The first-order valence-corrected chi connectivity index (χ1v) is 7.80. The first kappa shape index (κ1) is 14.4. The van der Waals surface area contributed by atoms with Crippen LogP contribution < -0.4 is 5.32 Å². The molecule has 8 heteroatoms. The number of carbonyl (C=O) groups excluding carboxylic acids is 1. The Bertz CT molecular complexity index is 621. The zero-order valence-electron chi connectivity index (χ0n) is 12.1. The summed E-state index contributed by atoms with van der Waals surface area (Å²) in [6.07, 6.45) is 1.90. The Morgan fingerprint density at radius 2 is 2.43 bits per heavy atom. The summed E-state index contributed by atoms with van der Waals surface area (Å²) in [5.41, 5.74) is 0.778. The third-order valence-electron chi connectivity index (χ3n) is 3.75. The summed E-state index contributed by atoms with van der Waals surface area (Å²) in [5.74, 6) is -0.484. The van der Waals surface area contributed by atoms with Crippen LogP contribution in [-0.4, -0.2) is 56.8 Å². The van der Waals surface area contributed by atoms with Crippen LogP contribution >= 0.6 is 11.3 Å². The molecule has 1 aliphatic rings. The third-order valence-corrected chi connectivity index (χ3v) is 4.59. The molecule has 0 unspecified atom stereocenters. The SMILES string of the molecule is Cc1nn2cc(CNC(=O)[C@@H]3CN(C)CC[C@H]3O)nc2s1. The lowest BCUT2D eigenvalue weighted by Crippen LogP contribution is -2.48. The maximum atomic E-state index is 12.2. The van der Waals surface area contributed by atoms with Gasteiger partial charge >= 0.3 is 0 Å². The highest BCUT2D eigenvalue weighted by molar-refractivity contribution is 7.16. The van der Waals surface area contributed by atoms with Gasteiger partial charge in [-0.2, -0.15) is 5.10 Å². The van der Waals surface area contributed by atoms with Crippen molar-refractivity contribution < 1.29 is 9.90 Å². The molecule has 1 fully saturated rings. The number of nitrogens with one attached hydrogen (secondary N) is 1. The van der Waals surface area contributed by atoms with Crippen molar-refractivity contribution in [3.63, 3.8) is 0 Å². The van der Waals surface area contributed by atoms with E-state index in [0.717, 1.165) is 22.2 Å². The number of likely N-dealkylation sites (tertiary alicyclic amines) is 1. The number of fused-ring (bicyclic) bond motifs is 1. The van der Waals surface area contributed by atoms with Crippen LogP contribution in [0, 0.1) is 12.8 Å². The summed E-state index contributed by atoms with van der Waals surface area (Å²) in [6, 6.07) is 0. The second-order valence-corrected chi connectivity index (χ2v) is 6.68. The minimum atomic E-state index is -0.559. The predicted molar refractivity (Wildman–Crippen MR) is 79.1 cm³/mol. The van der Waals surface area contributed by atoms with Crippen molar-refractivity contribution in [1.29, 1.82) is 0 Å². The smallest absolute Gasteiger partial charge is 0.227 e. The molecule has 114 valence electrons. The second kappa shape index (κ2) is 5.70. The number of amides is 1. The molecule has 0 aliphatic carbocycles. The molecule has 1 aliphatic heterocycles. The maximum Gasteiger partial charge on any atom is 0.227 e. The molecule has 0 spiro atoms. The van der Waals surface area contributed by atoms with Crippen LogP contribution in [0.15, 0.2) is 6.20 Å². The molecule has 2 atom stereocenters. The van der Waals surface area contributed by atoms with Gasteiger partial charge in [-0.3, -0.25) is 4.79 Å². The number of aromatic nitrogens is 3. The van der Waals surface area contributed by atoms with E-state index in [4.69, 9.17) is 0 Å². The number of nitrogens with zero attached hydrogens (tertiary/aromatic N) is 4. The fourth-order valence-corrected chi connectivity index (χ4v) is 3.34. The molecule has 0 saturated carbocycles. The topological polar surface area (TPSA) is 82.8 Å². The summed E-state index contributed by atoms with van der Waals surface area (Å²) in [6.45, 7) is 3.71. The van der Waals surface area contributed by atoms with Crippen LogP contribution in [0.2, 0.25) is 0 Å². The van der Waals surface area contributed by atoms with Crippen molar-refractivity contribution in [3.05, 3.63) is 16.9 Å². The number of piperidine rings is 1. The summed E-state index contributed by atoms with van der Waals surface area (Å²) < 4.78 is 1.73. The molecule has 7 nitrogen and oxygen atoms in total. The van der Waals surface area contributed by atoms with Gasteiger partial charge in [0, 0.05) is 13.1 Å². The van der Waals surface area contributed by atoms with Gasteiger partial charge in [0.05, 0.1) is 30.5 Å². The van der Waals surface area contributed by atoms with Gasteiger partial charge < -0.3 is 15.3 Å². The Hall–Kier alpha value is -1.51. The maximum absolute atomic E-state index is 12.2. The molecule has 1 saturated heterocycles. The van der Waals surface area contributed by atoms with Crippen LogP contribution in [0.25, 0.3) is 4.96 Å². The molecule has 21 heavy (non-hydrogen) atoms. The number of imidazole rings is 1. The van der Waals surface area contributed by atoms with Crippen molar-refractivity contribution in [2.24, 2.45) is 5.92 Å². The number of aryl methyl sites for hydroxylation is 1. The monoisotopic (exact) mass is 309 g/mol. The van der Waals surface area contributed by atoms with Crippen molar-refractivity contribution in [2.75, 3.05) is 20.1 Å². The van der Waals surface area contributed by atoms with Gasteiger partial charge in [0.1, 0.15) is 5.01 Å². The molecular weight excluding hydrogens is 290 g/mol. The van der Waals surface area contributed by atoms with Crippen LogP contribution in [0.1, 0.15) is 17.1 Å². The number of aliphatic hydroxyl groups is 1. The molecule has 2 N–H and O–H groups in total. The second-order valence-electron chi connectivity index (χ2n) is 5.52. The first-order valence-electron chi connectivity index (χ1n) is 6.99. The van der Waals surface area contributed by atoms with Gasteiger partial charge in [0.25, 0.3) is 0 Å². The zero-order valence-corrected chi connectivity index (χ0v) is 12.9. The highest BCUT2D eigenvalue weighted by atomic mass is 32.1. The summed E-state index contributed by atoms with van der Waals surface area (Å²) in [5, 5.41) is 18.1. The van der Waals surface area contributed by atoms with Crippen LogP contribution in [-0.2, 0) is 11.3 Å². The van der Waals surface area contributed by atoms with Gasteiger partial charge in [-0.1, -0.05) is 11.3 Å². The lowest BCUT2D eigenvalue weighted by Gasteiger charge is -2.32.